The van der Waals surface area contributed by atoms with Crippen molar-refractivity contribution in [2.24, 2.45) is 0 Å². The second kappa shape index (κ2) is 5.41. The van der Waals surface area contributed by atoms with E-state index in [9.17, 15) is 10.1 Å². The average Bonchev–Trinajstić information content (AvgIpc) is 2.79. The number of aromatic amines is 1. The van der Waals surface area contributed by atoms with E-state index >= 15 is 0 Å². The Hall–Kier alpha value is -1.53. The summed E-state index contributed by atoms with van der Waals surface area (Å²) in [4.78, 5) is 18.2. The topological polar surface area (TPSA) is 71.8 Å². The normalized spacial score (nSPS) is 10.6. The lowest BCUT2D eigenvalue weighted by atomic mass is 10.3. The highest BCUT2D eigenvalue weighted by Gasteiger charge is 2.11. The van der Waals surface area contributed by atoms with Gasteiger partial charge < -0.3 is 4.98 Å². The highest BCUT2D eigenvalue weighted by Crippen LogP contribution is 2.33. The first-order valence-corrected chi connectivity index (χ1v) is 6.45. The maximum Gasteiger partial charge on any atom is 0.270 e. The van der Waals surface area contributed by atoms with Crippen LogP contribution in [0.5, 0.6) is 0 Å². The van der Waals surface area contributed by atoms with E-state index in [1.165, 1.54) is 23.9 Å². The molecule has 7 heteroatoms. The smallest absolute Gasteiger partial charge is 0.270 e. The molecule has 5 nitrogen and oxygen atoms in total. The maximum absolute atomic E-state index is 10.6. The number of aromatic nitrogens is 2. The standard InChI is InChI=1S/C11H10ClN3O2S/c1-2-7-6-13-11(14-7)18-10-4-3-8(15(16)17)5-9(10)12/h3-6H,2H2,1H3,(H,13,14). The van der Waals surface area contributed by atoms with Gasteiger partial charge in [-0.1, -0.05) is 30.3 Å². The van der Waals surface area contributed by atoms with Crippen molar-refractivity contribution < 1.29 is 4.92 Å². The Morgan fingerprint density at radius 1 is 1.56 bits per heavy atom. The summed E-state index contributed by atoms with van der Waals surface area (Å²) in [5, 5.41) is 11.7. The van der Waals surface area contributed by atoms with Gasteiger partial charge in [-0.3, -0.25) is 10.1 Å². The third-order valence-corrected chi connectivity index (χ3v) is 3.72. The van der Waals surface area contributed by atoms with Crippen molar-refractivity contribution in [2.75, 3.05) is 0 Å². The number of nitrogens with zero attached hydrogens (tertiary/aromatic N) is 2. The van der Waals surface area contributed by atoms with Crippen molar-refractivity contribution in [3.63, 3.8) is 0 Å². The van der Waals surface area contributed by atoms with Crippen LogP contribution in [0, 0.1) is 10.1 Å². The first kappa shape index (κ1) is 12.9. The fourth-order valence-electron chi connectivity index (χ4n) is 1.36. The van der Waals surface area contributed by atoms with E-state index in [1.54, 1.807) is 12.3 Å². The lowest BCUT2D eigenvalue weighted by molar-refractivity contribution is -0.384. The summed E-state index contributed by atoms with van der Waals surface area (Å²) >= 11 is 7.35. The van der Waals surface area contributed by atoms with Crippen LogP contribution in [0.4, 0.5) is 5.69 Å². The minimum atomic E-state index is -0.470. The quantitative estimate of drug-likeness (QED) is 0.686. The van der Waals surface area contributed by atoms with Gasteiger partial charge >= 0.3 is 0 Å². The van der Waals surface area contributed by atoms with Crippen LogP contribution < -0.4 is 0 Å². The van der Waals surface area contributed by atoms with Crippen LogP contribution in [-0.4, -0.2) is 14.9 Å². The Balaban J connectivity index is 2.21. The minimum Gasteiger partial charge on any atom is -0.337 e. The van der Waals surface area contributed by atoms with Crippen LogP contribution in [0.1, 0.15) is 12.6 Å². The van der Waals surface area contributed by atoms with E-state index in [2.05, 4.69) is 9.97 Å². The zero-order chi connectivity index (χ0) is 13.1. The van der Waals surface area contributed by atoms with Gasteiger partial charge in [0.25, 0.3) is 5.69 Å². The Bertz CT molecular complexity index is 585. The third kappa shape index (κ3) is 2.83. The van der Waals surface area contributed by atoms with Gasteiger partial charge in [0.1, 0.15) is 0 Å². The van der Waals surface area contributed by atoms with Gasteiger partial charge in [0, 0.05) is 28.9 Å². The van der Waals surface area contributed by atoms with E-state index in [1.807, 2.05) is 6.92 Å². The van der Waals surface area contributed by atoms with E-state index in [-0.39, 0.29) is 5.69 Å². The van der Waals surface area contributed by atoms with Gasteiger partial charge in [-0.15, -0.1) is 0 Å². The molecule has 0 aliphatic rings. The van der Waals surface area contributed by atoms with Gasteiger partial charge in [-0.2, -0.15) is 0 Å². The van der Waals surface area contributed by atoms with Crippen LogP contribution in [-0.2, 0) is 6.42 Å². The second-order valence-corrected chi connectivity index (χ2v) is 4.98. The average molecular weight is 284 g/mol. The number of imidazole rings is 1. The lowest BCUT2D eigenvalue weighted by Gasteiger charge is -2.01. The molecule has 0 atom stereocenters. The molecule has 0 saturated carbocycles. The molecule has 0 radical (unpaired) electrons. The molecule has 2 rings (SSSR count). The Morgan fingerprint density at radius 2 is 2.33 bits per heavy atom. The molecular formula is C11H10ClN3O2S. The highest BCUT2D eigenvalue weighted by atomic mass is 35.5. The van der Waals surface area contributed by atoms with Crippen molar-refractivity contribution in [3.8, 4) is 0 Å². The maximum atomic E-state index is 10.6. The molecule has 0 fully saturated rings. The molecule has 0 unspecified atom stereocenters. The fourth-order valence-corrected chi connectivity index (χ4v) is 2.44. The molecule has 1 aromatic heterocycles. The molecule has 1 N–H and O–H groups in total. The van der Waals surface area contributed by atoms with Crippen LogP contribution in [0.25, 0.3) is 0 Å². The number of non-ortho nitro benzene ring substituents is 1. The van der Waals surface area contributed by atoms with Crippen LogP contribution >= 0.6 is 23.4 Å². The predicted octanol–water partition coefficient (Wildman–Crippen LogP) is 3.68. The monoisotopic (exact) mass is 283 g/mol. The van der Waals surface area contributed by atoms with Gasteiger partial charge in [-0.05, 0) is 12.5 Å². The highest BCUT2D eigenvalue weighted by molar-refractivity contribution is 7.99. The van der Waals surface area contributed by atoms with Gasteiger partial charge in [0.2, 0.25) is 0 Å². The molecule has 0 spiro atoms. The number of hydrogen-bond donors (Lipinski definition) is 1. The van der Waals surface area contributed by atoms with Crippen molar-refractivity contribution in [1.82, 2.24) is 9.97 Å². The van der Waals surface area contributed by atoms with Crippen LogP contribution in [0.15, 0.2) is 34.4 Å². The van der Waals surface area contributed by atoms with Gasteiger partial charge in [0.15, 0.2) is 5.16 Å². The van der Waals surface area contributed by atoms with E-state index in [0.29, 0.717) is 5.02 Å². The predicted molar refractivity (Wildman–Crippen MR) is 70.2 cm³/mol. The van der Waals surface area contributed by atoms with Crippen LogP contribution in [0.3, 0.4) is 0 Å². The first-order chi connectivity index (χ1) is 8.60. The molecule has 0 amide bonds. The van der Waals surface area contributed by atoms with E-state index in [4.69, 9.17) is 11.6 Å². The Kier molecular flexibility index (Phi) is 3.88. The largest absolute Gasteiger partial charge is 0.337 e. The molecule has 1 heterocycles. The van der Waals surface area contributed by atoms with Crippen molar-refractivity contribution in [1.29, 1.82) is 0 Å². The molecular weight excluding hydrogens is 274 g/mol. The number of nitrogens with one attached hydrogen (secondary N) is 1. The summed E-state index contributed by atoms with van der Waals surface area (Å²) in [7, 11) is 0. The first-order valence-electron chi connectivity index (χ1n) is 5.26. The molecule has 0 aliphatic carbocycles. The number of nitro groups is 1. The molecule has 2 aromatic rings. The molecule has 1 aromatic carbocycles. The van der Waals surface area contributed by atoms with Crippen molar-refractivity contribution in [2.45, 2.75) is 23.4 Å². The fraction of sp³-hybridized carbons (Fsp3) is 0.182. The Morgan fingerprint density at radius 3 is 2.89 bits per heavy atom. The third-order valence-electron chi connectivity index (χ3n) is 2.32. The summed E-state index contributed by atoms with van der Waals surface area (Å²) in [5.74, 6) is 0. The number of benzene rings is 1. The van der Waals surface area contributed by atoms with E-state index in [0.717, 1.165) is 22.2 Å². The zero-order valence-electron chi connectivity index (χ0n) is 9.51. The number of rotatable bonds is 4. The number of nitro benzene ring substituents is 1. The summed E-state index contributed by atoms with van der Waals surface area (Å²) in [6.07, 6.45) is 2.64. The SMILES string of the molecule is CCc1cnc(Sc2ccc([N+](=O)[O-])cc2Cl)[nH]1. The summed E-state index contributed by atoms with van der Waals surface area (Å²) < 4.78 is 0. The van der Waals surface area contributed by atoms with Gasteiger partial charge in [0.05, 0.1) is 9.95 Å². The summed E-state index contributed by atoms with van der Waals surface area (Å²) in [5.41, 5.74) is 1.02. The number of hydrogen-bond acceptors (Lipinski definition) is 4. The summed E-state index contributed by atoms with van der Waals surface area (Å²) in [6, 6.07) is 4.39. The van der Waals surface area contributed by atoms with Crippen molar-refractivity contribution >= 4 is 29.1 Å². The zero-order valence-corrected chi connectivity index (χ0v) is 11.1. The van der Waals surface area contributed by atoms with Crippen LogP contribution in [0.2, 0.25) is 5.02 Å². The van der Waals surface area contributed by atoms with E-state index < -0.39 is 4.92 Å². The molecule has 0 aliphatic heterocycles. The number of halogens is 1. The van der Waals surface area contributed by atoms with Gasteiger partial charge in [-0.25, -0.2) is 4.98 Å². The molecule has 0 saturated heterocycles. The number of aryl methyl sites for hydroxylation is 1. The molecule has 0 bridgehead atoms. The summed E-state index contributed by atoms with van der Waals surface area (Å²) in [6.45, 7) is 2.03. The number of H-pyrrole nitrogens is 1. The molecule has 18 heavy (non-hydrogen) atoms. The second-order valence-electron chi connectivity index (χ2n) is 3.54. The Labute approximate surface area is 113 Å². The van der Waals surface area contributed by atoms with Crippen molar-refractivity contribution in [3.05, 3.63) is 45.2 Å². The minimum absolute atomic E-state index is 0.0157. The molecule has 94 valence electrons. The lowest BCUT2D eigenvalue weighted by Crippen LogP contribution is -1.88.